The van der Waals surface area contributed by atoms with E-state index < -0.39 is 0 Å². The number of rotatable bonds is 2. The van der Waals surface area contributed by atoms with E-state index in [0.717, 1.165) is 6.42 Å². The number of nitrogens with one attached hydrogen (secondary N) is 1. The summed E-state index contributed by atoms with van der Waals surface area (Å²) < 4.78 is 0. The average Bonchev–Trinajstić information content (AvgIpc) is 2.78. The van der Waals surface area contributed by atoms with Gasteiger partial charge in [-0.1, -0.05) is 27.7 Å². The molecule has 16 heavy (non-hydrogen) atoms. The number of hydrogen-bond donors (Lipinski definition) is 1. The maximum absolute atomic E-state index is 12.2. The van der Waals surface area contributed by atoms with Crippen LogP contribution in [0.3, 0.4) is 0 Å². The van der Waals surface area contributed by atoms with Crippen molar-refractivity contribution < 1.29 is 9.59 Å². The van der Waals surface area contributed by atoms with Gasteiger partial charge in [-0.2, -0.15) is 0 Å². The molecule has 4 nitrogen and oxygen atoms in total. The van der Waals surface area contributed by atoms with Crippen LogP contribution in [0.1, 0.15) is 34.1 Å². The van der Waals surface area contributed by atoms with Gasteiger partial charge in [0, 0.05) is 6.04 Å². The molecule has 0 radical (unpaired) electrons. The first-order valence-corrected chi connectivity index (χ1v) is 5.93. The first-order chi connectivity index (χ1) is 7.33. The number of carbonyl (C=O) groups is 2. The number of nitrogens with zero attached hydrogens (tertiary/aromatic N) is 1. The number of carbonyl (C=O) groups excluding carboxylic acids is 2. The monoisotopic (exact) mass is 224 g/mol. The zero-order valence-electron chi connectivity index (χ0n) is 10.4. The summed E-state index contributed by atoms with van der Waals surface area (Å²) >= 11 is 0. The van der Waals surface area contributed by atoms with Gasteiger partial charge in [0.05, 0.1) is 6.54 Å². The molecule has 2 amide bonds. The fraction of sp³-hybridized carbons (Fsp3) is 0.833. The van der Waals surface area contributed by atoms with Gasteiger partial charge in [-0.05, 0) is 17.8 Å². The van der Waals surface area contributed by atoms with Crippen LogP contribution < -0.4 is 5.32 Å². The Morgan fingerprint density at radius 3 is 2.38 bits per heavy atom. The largest absolute Gasteiger partial charge is 0.343 e. The summed E-state index contributed by atoms with van der Waals surface area (Å²) in [6, 6.07) is -0.0788. The van der Waals surface area contributed by atoms with E-state index in [1.54, 1.807) is 4.90 Å². The van der Waals surface area contributed by atoms with Gasteiger partial charge in [-0.3, -0.25) is 9.59 Å². The predicted molar refractivity (Wildman–Crippen MR) is 60.7 cm³/mol. The van der Waals surface area contributed by atoms with Crippen LogP contribution in [-0.4, -0.2) is 35.3 Å². The Bertz CT molecular complexity index is 336. The average molecular weight is 224 g/mol. The number of piperazine rings is 1. The summed E-state index contributed by atoms with van der Waals surface area (Å²) in [4.78, 5) is 25.5. The molecular formula is C12H20N2O2. The van der Waals surface area contributed by atoms with Crippen LogP contribution in [0.25, 0.3) is 0 Å². The first kappa shape index (κ1) is 11.4. The Balaban J connectivity index is 2.14. The number of hydrogen-bond acceptors (Lipinski definition) is 2. The van der Waals surface area contributed by atoms with E-state index in [9.17, 15) is 9.59 Å². The highest BCUT2D eigenvalue weighted by molar-refractivity contribution is 5.95. The van der Waals surface area contributed by atoms with Crippen LogP contribution in [0.2, 0.25) is 0 Å². The van der Waals surface area contributed by atoms with Crippen molar-refractivity contribution in [2.75, 3.05) is 6.54 Å². The highest BCUT2D eigenvalue weighted by Crippen LogP contribution is 2.49. The van der Waals surface area contributed by atoms with Crippen LogP contribution in [0.5, 0.6) is 0 Å². The molecule has 0 aromatic carbocycles. The zero-order valence-corrected chi connectivity index (χ0v) is 10.4. The maximum Gasteiger partial charge on any atom is 0.246 e. The first-order valence-electron chi connectivity index (χ1n) is 5.93. The Morgan fingerprint density at radius 2 is 1.94 bits per heavy atom. The van der Waals surface area contributed by atoms with E-state index in [4.69, 9.17) is 0 Å². The lowest BCUT2D eigenvalue weighted by Gasteiger charge is -2.35. The fourth-order valence-electron chi connectivity index (χ4n) is 2.38. The van der Waals surface area contributed by atoms with Gasteiger partial charge in [0.2, 0.25) is 11.8 Å². The standard InChI is InChI=1S/C12H20N2O2/c1-7(2)10-11(16)14(6-9(15)13-10)8-5-12(8,3)4/h7-8,10H,5-6H2,1-4H3,(H,13,15). The molecule has 1 aliphatic heterocycles. The van der Waals surface area contributed by atoms with Crippen molar-refractivity contribution in [2.24, 2.45) is 11.3 Å². The SMILES string of the molecule is CC(C)C1NC(=O)CN(C2CC2(C)C)C1=O. The molecule has 1 heterocycles. The third-order valence-electron chi connectivity index (χ3n) is 3.68. The van der Waals surface area contributed by atoms with Crippen LogP contribution >= 0.6 is 0 Å². The second-order valence-electron chi connectivity index (χ2n) is 5.96. The predicted octanol–water partition coefficient (Wildman–Crippen LogP) is 0.768. The van der Waals surface area contributed by atoms with E-state index >= 15 is 0 Å². The lowest BCUT2D eigenvalue weighted by atomic mass is 10.00. The van der Waals surface area contributed by atoms with Gasteiger partial charge in [-0.25, -0.2) is 0 Å². The highest BCUT2D eigenvalue weighted by atomic mass is 16.2. The normalized spacial score (nSPS) is 32.9. The molecule has 2 aliphatic rings. The van der Waals surface area contributed by atoms with E-state index in [0.29, 0.717) is 0 Å². The van der Waals surface area contributed by atoms with Crippen LogP contribution in [0, 0.1) is 11.3 Å². The smallest absolute Gasteiger partial charge is 0.246 e. The topological polar surface area (TPSA) is 49.4 Å². The van der Waals surface area contributed by atoms with Crippen LogP contribution in [0.15, 0.2) is 0 Å². The van der Waals surface area contributed by atoms with Crippen LogP contribution in [-0.2, 0) is 9.59 Å². The summed E-state index contributed by atoms with van der Waals surface area (Å²) in [6.07, 6.45) is 1.01. The molecule has 90 valence electrons. The fourth-order valence-corrected chi connectivity index (χ4v) is 2.38. The lowest BCUT2D eigenvalue weighted by molar-refractivity contribution is -0.146. The molecule has 1 aliphatic carbocycles. The molecular weight excluding hydrogens is 204 g/mol. The third-order valence-corrected chi connectivity index (χ3v) is 3.68. The molecule has 1 N–H and O–H groups in total. The Morgan fingerprint density at radius 1 is 1.38 bits per heavy atom. The molecule has 0 bridgehead atoms. The summed E-state index contributed by atoms with van der Waals surface area (Å²) in [6.45, 7) is 8.44. The Labute approximate surface area is 96.4 Å². The Hall–Kier alpha value is -1.06. The minimum absolute atomic E-state index is 0.0269. The molecule has 1 saturated carbocycles. The molecule has 2 atom stereocenters. The minimum Gasteiger partial charge on any atom is -0.343 e. The van der Waals surface area contributed by atoms with Crippen molar-refractivity contribution in [1.29, 1.82) is 0 Å². The number of amides is 2. The highest BCUT2D eigenvalue weighted by Gasteiger charge is 2.53. The molecule has 2 fully saturated rings. The summed E-state index contributed by atoms with van der Waals surface area (Å²) in [5, 5.41) is 2.78. The van der Waals surface area contributed by atoms with Gasteiger partial charge in [0.25, 0.3) is 0 Å². The summed E-state index contributed by atoms with van der Waals surface area (Å²) in [5.41, 5.74) is 0.189. The Kier molecular flexibility index (Phi) is 2.48. The molecule has 4 heteroatoms. The molecule has 2 rings (SSSR count). The summed E-state index contributed by atoms with van der Waals surface area (Å²) in [7, 11) is 0. The lowest BCUT2D eigenvalue weighted by Crippen LogP contribution is -2.60. The quantitative estimate of drug-likeness (QED) is 0.753. The van der Waals surface area contributed by atoms with Crippen molar-refractivity contribution in [3.8, 4) is 0 Å². The minimum atomic E-state index is -0.336. The molecule has 0 spiro atoms. The van der Waals surface area contributed by atoms with E-state index in [2.05, 4.69) is 19.2 Å². The second kappa shape index (κ2) is 3.47. The van der Waals surface area contributed by atoms with Gasteiger partial charge in [-0.15, -0.1) is 0 Å². The van der Waals surface area contributed by atoms with Gasteiger partial charge >= 0.3 is 0 Å². The third kappa shape index (κ3) is 1.81. The van der Waals surface area contributed by atoms with Gasteiger partial charge < -0.3 is 10.2 Å². The zero-order chi connectivity index (χ0) is 12.1. The molecule has 0 aromatic heterocycles. The molecule has 0 aromatic rings. The van der Waals surface area contributed by atoms with Crippen molar-refractivity contribution in [3.63, 3.8) is 0 Å². The molecule has 2 unspecified atom stereocenters. The summed E-state index contributed by atoms with van der Waals surface area (Å²) in [5.74, 6) is 0.215. The van der Waals surface area contributed by atoms with E-state index in [1.165, 1.54) is 0 Å². The van der Waals surface area contributed by atoms with Crippen molar-refractivity contribution in [2.45, 2.75) is 46.2 Å². The van der Waals surface area contributed by atoms with Gasteiger partial charge in [0.15, 0.2) is 0 Å². The van der Waals surface area contributed by atoms with E-state index in [1.807, 2.05) is 13.8 Å². The van der Waals surface area contributed by atoms with Gasteiger partial charge in [0.1, 0.15) is 6.04 Å². The van der Waals surface area contributed by atoms with Crippen LogP contribution in [0.4, 0.5) is 0 Å². The maximum atomic E-state index is 12.2. The van der Waals surface area contributed by atoms with Crippen molar-refractivity contribution in [3.05, 3.63) is 0 Å². The second-order valence-corrected chi connectivity index (χ2v) is 5.96. The van der Waals surface area contributed by atoms with Crippen molar-refractivity contribution in [1.82, 2.24) is 10.2 Å². The van der Waals surface area contributed by atoms with Crippen molar-refractivity contribution >= 4 is 11.8 Å². The van der Waals surface area contributed by atoms with E-state index in [-0.39, 0.29) is 41.8 Å². The molecule has 1 saturated heterocycles.